The van der Waals surface area contributed by atoms with Gasteiger partial charge in [-0.2, -0.15) is 0 Å². The van der Waals surface area contributed by atoms with Crippen LogP contribution in [-0.4, -0.2) is 23.3 Å². The number of carbonyl (C=O) groups excluding carboxylic acids is 2. The average molecular weight is 192 g/mol. The molecule has 0 aliphatic rings. The van der Waals surface area contributed by atoms with Crippen LogP contribution in [0.3, 0.4) is 0 Å². The molecule has 1 rings (SSSR count). The number of benzene rings is 1. The van der Waals surface area contributed by atoms with E-state index in [0.717, 1.165) is 0 Å². The van der Waals surface area contributed by atoms with Crippen LogP contribution < -0.4 is 0 Å². The van der Waals surface area contributed by atoms with E-state index in [4.69, 9.17) is 5.11 Å². The monoisotopic (exact) mass is 192 g/mol. The number of ketones is 2. The third-order valence-electron chi connectivity index (χ3n) is 1.90. The molecule has 3 heteroatoms. The highest BCUT2D eigenvalue weighted by atomic mass is 16.3. The lowest BCUT2D eigenvalue weighted by Crippen LogP contribution is -2.07. The Kier molecular flexibility index (Phi) is 4.01. The Hall–Kier alpha value is -1.48. The van der Waals surface area contributed by atoms with E-state index in [1.165, 1.54) is 0 Å². The molecule has 1 N–H and O–H groups in total. The first-order chi connectivity index (χ1) is 6.74. The van der Waals surface area contributed by atoms with Gasteiger partial charge in [0.1, 0.15) is 6.61 Å². The van der Waals surface area contributed by atoms with Crippen LogP contribution in [0.15, 0.2) is 30.3 Å². The van der Waals surface area contributed by atoms with Crippen molar-refractivity contribution in [2.24, 2.45) is 0 Å². The minimum Gasteiger partial charge on any atom is -0.389 e. The van der Waals surface area contributed by atoms with Gasteiger partial charge in [0.15, 0.2) is 11.6 Å². The smallest absolute Gasteiger partial charge is 0.163 e. The molecule has 74 valence electrons. The summed E-state index contributed by atoms with van der Waals surface area (Å²) in [5.41, 5.74) is 0.609. The maximum atomic E-state index is 11.4. The van der Waals surface area contributed by atoms with Gasteiger partial charge < -0.3 is 5.11 Å². The molecule has 0 saturated carbocycles. The zero-order valence-electron chi connectivity index (χ0n) is 7.77. The summed E-state index contributed by atoms with van der Waals surface area (Å²) in [6.07, 6.45) is 0.285. The summed E-state index contributed by atoms with van der Waals surface area (Å²) in [6, 6.07) is 8.81. The topological polar surface area (TPSA) is 54.4 Å². The van der Waals surface area contributed by atoms with E-state index in [1.54, 1.807) is 24.3 Å². The molecule has 14 heavy (non-hydrogen) atoms. The molecule has 0 aliphatic heterocycles. The number of carbonyl (C=O) groups is 2. The quantitative estimate of drug-likeness (QED) is 0.713. The third kappa shape index (κ3) is 3.11. The van der Waals surface area contributed by atoms with Crippen molar-refractivity contribution in [2.75, 3.05) is 6.61 Å². The molecule has 0 saturated heterocycles. The van der Waals surface area contributed by atoms with E-state index in [-0.39, 0.29) is 24.4 Å². The van der Waals surface area contributed by atoms with E-state index >= 15 is 0 Å². The number of aliphatic hydroxyl groups is 1. The lowest BCUT2D eigenvalue weighted by Gasteiger charge is -1.98. The Morgan fingerprint density at radius 2 is 1.71 bits per heavy atom. The van der Waals surface area contributed by atoms with Gasteiger partial charge in [0.2, 0.25) is 0 Å². The molecule has 0 unspecified atom stereocenters. The molecule has 1 aromatic carbocycles. The van der Waals surface area contributed by atoms with Gasteiger partial charge in [-0.25, -0.2) is 0 Å². The normalized spacial score (nSPS) is 9.79. The van der Waals surface area contributed by atoms with Crippen molar-refractivity contribution >= 4 is 11.6 Å². The van der Waals surface area contributed by atoms with Crippen LogP contribution in [0.5, 0.6) is 0 Å². The summed E-state index contributed by atoms with van der Waals surface area (Å²) in [6.45, 7) is -0.484. The van der Waals surface area contributed by atoms with Crippen LogP contribution in [-0.2, 0) is 4.79 Å². The number of hydrogen-bond donors (Lipinski definition) is 1. The van der Waals surface area contributed by atoms with Crippen molar-refractivity contribution in [2.45, 2.75) is 12.8 Å². The average Bonchev–Trinajstić information content (AvgIpc) is 2.26. The van der Waals surface area contributed by atoms with Crippen LogP contribution in [0.1, 0.15) is 23.2 Å². The summed E-state index contributed by atoms with van der Waals surface area (Å²) in [5, 5.41) is 8.46. The fourth-order valence-electron chi connectivity index (χ4n) is 1.10. The SMILES string of the molecule is O=C(CO)CCC(=O)c1ccccc1. The zero-order valence-corrected chi connectivity index (χ0v) is 7.77. The molecular formula is C11H12O3. The first kappa shape index (κ1) is 10.6. The van der Waals surface area contributed by atoms with Crippen molar-refractivity contribution in [3.8, 4) is 0 Å². The molecule has 0 aromatic heterocycles. The summed E-state index contributed by atoms with van der Waals surface area (Å²) >= 11 is 0. The van der Waals surface area contributed by atoms with E-state index in [0.29, 0.717) is 5.56 Å². The molecule has 0 heterocycles. The maximum Gasteiger partial charge on any atom is 0.163 e. The van der Waals surface area contributed by atoms with Crippen LogP contribution in [0, 0.1) is 0 Å². The Balaban J connectivity index is 2.48. The zero-order chi connectivity index (χ0) is 10.4. The van der Waals surface area contributed by atoms with Crippen molar-refractivity contribution in [1.82, 2.24) is 0 Å². The van der Waals surface area contributed by atoms with Gasteiger partial charge in [0, 0.05) is 18.4 Å². The van der Waals surface area contributed by atoms with Crippen LogP contribution in [0.4, 0.5) is 0 Å². The van der Waals surface area contributed by atoms with Crippen molar-refractivity contribution in [1.29, 1.82) is 0 Å². The van der Waals surface area contributed by atoms with Crippen LogP contribution in [0.25, 0.3) is 0 Å². The molecule has 0 fully saturated rings. The van der Waals surface area contributed by atoms with E-state index < -0.39 is 6.61 Å². The standard InChI is InChI=1S/C11H12O3/c12-8-10(13)6-7-11(14)9-4-2-1-3-5-9/h1-5,12H,6-8H2. The van der Waals surface area contributed by atoms with E-state index in [9.17, 15) is 9.59 Å². The molecule has 0 radical (unpaired) electrons. The van der Waals surface area contributed by atoms with Crippen LogP contribution >= 0.6 is 0 Å². The van der Waals surface area contributed by atoms with Gasteiger partial charge in [-0.3, -0.25) is 9.59 Å². The first-order valence-corrected chi connectivity index (χ1v) is 4.45. The van der Waals surface area contributed by atoms with Gasteiger partial charge in [-0.1, -0.05) is 30.3 Å². The van der Waals surface area contributed by atoms with Crippen molar-refractivity contribution in [3.05, 3.63) is 35.9 Å². The van der Waals surface area contributed by atoms with Crippen molar-refractivity contribution < 1.29 is 14.7 Å². The summed E-state index contributed by atoms with van der Waals surface area (Å²) in [4.78, 5) is 22.2. The fraction of sp³-hybridized carbons (Fsp3) is 0.273. The van der Waals surface area contributed by atoms with Gasteiger partial charge in [-0.15, -0.1) is 0 Å². The fourth-order valence-corrected chi connectivity index (χ4v) is 1.10. The van der Waals surface area contributed by atoms with Gasteiger partial charge in [-0.05, 0) is 0 Å². The maximum absolute atomic E-state index is 11.4. The Bertz CT molecular complexity index is 317. The summed E-state index contributed by atoms with van der Waals surface area (Å²) < 4.78 is 0. The Morgan fingerprint density at radius 3 is 2.29 bits per heavy atom. The molecule has 3 nitrogen and oxygen atoms in total. The highest BCUT2D eigenvalue weighted by Gasteiger charge is 2.07. The predicted octanol–water partition coefficient (Wildman–Crippen LogP) is 1.21. The second kappa shape index (κ2) is 5.29. The molecule has 0 bridgehead atoms. The molecular weight excluding hydrogens is 180 g/mol. The Morgan fingerprint density at radius 1 is 1.07 bits per heavy atom. The molecule has 0 amide bonds. The number of aliphatic hydroxyl groups excluding tert-OH is 1. The lowest BCUT2D eigenvalue weighted by molar-refractivity contribution is -0.121. The lowest BCUT2D eigenvalue weighted by atomic mass is 10.1. The Labute approximate surface area is 82.4 Å². The molecule has 0 atom stereocenters. The van der Waals surface area contributed by atoms with Gasteiger partial charge >= 0.3 is 0 Å². The number of hydrogen-bond acceptors (Lipinski definition) is 3. The second-order valence-electron chi connectivity index (χ2n) is 2.99. The van der Waals surface area contributed by atoms with Crippen molar-refractivity contribution in [3.63, 3.8) is 0 Å². The third-order valence-corrected chi connectivity index (χ3v) is 1.90. The second-order valence-corrected chi connectivity index (χ2v) is 2.99. The highest BCUT2D eigenvalue weighted by Crippen LogP contribution is 2.04. The van der Waals surface area contributed by atoms with E-state index in [1.807, 2.05) is 6.07 Å². The van der Waals surface area contributed by atoms with Gasteiger partial charge in [0.25, 0.3) is 0 Å². The number of Topliss-reactive ketones (excluding diaryl/α,β-unsaturated/α-hetero) is 2. The summed E-state index contributed by atoms with van der Waals surface area (Å²) in [7, 11) is 0. The van der Waals surface area contributed by atoms with Crippen LogP contribution in [0.2, 0.25) is 0 Å². The highest BCUT2D eigenvalue weighted by molar-refractivity contribution is 5.98. The number of rotatable bonds is 5. The van der Waals surface area contributed by atoms with E-state index in [2.05, 4.69) is 0 Å². The minimum absolute atomic E-state index is 0.0626. The minimum atomic E-state index is -0.484. The van der Waals surface area contributed by atoms with Gasteiger partial charge in [0.05, 0.1) is 0 Å². The molecule has 0 aliphatic carbocycles. The largest absolute Gasteiger partial charge is 0.389 e. The first-order valence-electron chi connectivity index (χ1n) is 4.45. The molecule has 1 aromatic rings. The summed E-state index contributed by atoms with van der Waals surface area (Å²) in [5.74, 6) is -0.360. The predicted molar refractivity (Wildman–Crippen MR) is 52.1 cm³/mol. The molecule has 0 spiro atoms.